The molecule has 0 aromatic heterocycles. The van der Waals surface area contributed by atoms with E-state index in [1.54, 1.807) is 0 Å². The number of ether oxygens (including phenoxy) is 1. The van der Waals surface area contributed by atoms with Crippen LogP contribution in [0.1, 0.15) is 0 Å². The topological polar surface area (TPSA) is 47.3 Å². The molecule has 0 heterocycles. The highest BCUT2D eigenvalue weighted by Crippen LogP contribution is 2.06. The molecular weight excluding hydrogens is 211 g/mol. The van der Waals surface area contributed by atoms with Crippen molar-refractivity contribution in [3.63, 3.8) is 0 Å². The molecule has 13 heavy (non-hydrogen) atoms. The summed E-state index contributed by atoms with van der Waals surface area (Å²) in [5.41, 5.74) is 2.51. The first-order chi connectivity index (χ1) is 5.43. The molecule has 3 N–H and O–H groups in total. The van der Waals surface area contributed by atoms with Crippen LogP contribution in [0, 0.1) is 0 Å². The van der Waals surface area contributed by atoms with Gasteiger partial charge < -0.3 is 4.74 Å². The van der Waals surface area contributed by atoms with Crippen LogP contribution in [0.25, 0.3) is 0 Å². The Balaban J connectivity index is 0. The molecule has 0 fully saturated rings. The summed E-state index contributed by atoms with van der Waals surface area (Å²) in [7, 11) is 0. The zero-order valence-corrected chi connectivity index (χ0v) is 8.74. The van der Waals surface area contributed by atoms with Crippen LogP contribution in [0.5, 0.6) is 5.75 Å². The molecule has 76 valence electrons. The lowest BCUT2D eigenvalue weighted by Gasteiger charge is -2.03. The third-order valence-electron chi connectivity index (χ3n) is 1.26. The maximum absolute atomic E-state index is 5.30. The molecule has 0 aliphatic carbocycles. The van der Waals surface area contributed by atoms with E-state index in [2.05, 4.69) is 5.43 Å². The summed E-state index contributed by atoms with van der Waals surface area (Å²) in [5, 5.41) is 0. The van der Waals surface area contributed by atoms with Gasteiger partial charge in [0.2, 0.25) is 0 Å². The van der Waals surface area contributed by atoms with E-state index in [-0.39, 0.29) is 24.8 Å². The lowest BCUT2D eigenvalue weighted by atomic mass is 10.3. The lowest BCUT2D eigenvalue weighted by Crippen LogP contribution is -2.27. The van der Waals surface area contributed by atoms with E-state index in [9.17, 15) is 0 Å². The minimum atomic E-state index is 0. The van der Waals surface area contributed by atoms with Crippen molar-refractivity contribution in [3.8, 4) is 5.75 Å². The van der Waals surface area contributed by atoms with Crippen molar-refractivity contribution in [2.45, 2.75) is 0 Å². The zero-order valence-electron chi connectivity index (χ0n) is 7.10. The van der Waals surface area contributed by atoms with Crippen LogP contribution in [0.3, 0.4) is 0 Å². The molecule has 1 rings (SSSR count). The first-order valence-corrected chi connectivity index (χ1v) is 3.55. The van der Waals surface area contributed by atoms with Gasteiger partial charge >= 0.3 is 0 Å². The highest BCUT2D eigenvalue weighted by Gasteiger charge is 1.88. The van der Waals surface area contributed by atoms with Gasteiger partial charge in [-0.05, 0) is 12.1 Å². The summed E-state index contributed by atoms with van der Waals surface area (Å²) in [6.45, 7) is 1.26. The lowest BCUT2D eigenvalue weighted by molar-refractivity contribution is 0.315. The molecule has 1 aromatic rings. The number of rotatable bonds is 4. The van der Waals surface area contributed by atoms with Gasteiger partial charge in [0.15, 0.2) is 0 Å². The van der Waals surface area contributed by atoms with Gasteiger partial charge in [-0.2, -0.15) is 0 Å². The smallest absolute Gasteiger partial charge is 0.119 e. The second-order valence-corrected chi connectivity index (χ2v) is 2.12. The number of nitrogens with two attached hydrogens (primary N) is 1. The van der Waals surface area contributed by atoms with Crippen LogP contribution in [0.2, 0.25) is 0 Å². The number of hydrogen-bond donors (Lipinski definition) is 2. The number of nitrogens with one attached hydrogen (secondary N) is 1. The predicted molar refractivity (Wildman–Crippen MR) is 58.6 cm³/mol. The molecule has 0 saturated carbocycles. The molecule has 3 nitrogen and oxygen atoms in total. The van der Waals surface area contributed by atoms with Crippen LogP contribution in [0.15, 0.2) is 30.3 Å². The molecule has 0 bridgehead atoms. The van der Waals surface area contributed by atoms with E-state index in [1.165, 1.54) is 0 Å². The van der Waals surface area contributed by atoms with Gasteiger partial charge in [0.25, 0.3) is 0 Å². The second-order valence-electron chi connectivity index (χ2n) is 2.12. The summed E-state index contributed by atoms with van der Waals surface area (Å²) < 4.78 is 5.30. The first kappa shape index (κ1) is 15.0. The summed E-state index contributed by atoms with van der Waals surface area (Å²) in [4.78, 5) is 0. The fourth-order valence-electron chi connectivity index (χ4n) is 0.745. The van der Waals surface area contributed by atoms with Crippen molar-refractivity contribution in [1.82, 2.24) is 5.43 Å². The van der Waals surface area contributed by atoms with Crippen molar-refractivity contribution in [2.24, 2.45) is 5.84 Å². The van der Waals surface area contributed by atoms with Gasteiger partial charge in [0.1, 0.15) is 12.4 Å². The van der Waals surface area contributed by atoms with E-state index in [1.807, 2.05) is 30.3 Å². The van der Waals surface area contributed by atoms with E-state index < -0.39 is 0 Å². The minimum absolute atomic E-state index is 0. The van der Waals surface area contributed by atoms with E-state index in [0.717, 1.165) is 5.75 Å². The number of para-hydroxylation sites is 1. The number of hydrogen-bond acceptors (Lipinski definition) is 3. The minimum Gasteiger partial charge on any atom is -0.492 e. The highest BCUT2D eigenvalue weighted by molar-refractivity contribution is 5.85. The Morgan fingerprint density at radius 3 is 2.31 bits per heavy atom. The van der Waals surface area contributed by atoms with Crippen molar-refractivity contribution >= 4 is 24.8 Å². The maximum atomic E-state index is 5.30. The van der Waals surface area contributed by atoms with Gasteiger partial charge in [0.05, 0.1) is 0 Å². The van der Waals surface area contributed by atoms with E-state index >= 15 is 0 Å². The molecule has 5 heteroatoms. The fourth-order valence-corrected chi connectivity index (χ4v) is 0.745. The third-order valence-corrected chi connectivity index (χ3v) is 1.26. The van der Waals surface area contributed by atoms with Crippen LogP contribution < -0.4 is 16.0 Å². The van der Waals surface area contributed by atoms with Gasteiger partial charge in [-0.3, -0.25) is 11.3 Å². The molecule has 0 aliphatic heterocycles. The molecule has 0 amide bonds. The van der Waals surface area contributed by atoms with Crippen molar-refractivity contribution in [3.05, 3.63) is 30.3 Å². The van der Waals surface area contributed by atoms with E-state index in [0.29, 0.717) is 13.2 Å². The quantitative estimate of drug-likeness (QED) is 0.462. The van der Waals surface area contributed by atoms with Gasteiger partial charge in [0, 0.05) is 6.54 Å². The van der Waals surface area contributed by atoms with Gasteiger partial charge in [-0.1, -0.05) is 18.2 Å². The Morgan fingerprint density at radius 1 is 1.15 bits per heavy atom. The molecule has 0 unspecified atom stereocenters. The number of halogens is 2. The van der Waals surface area contributed by atoms with Crippen LogP contribution in [-0.4, -0.2) is 13.2 Å². The molecule has 0 radical (unpaired) electrons. The summed E-state index contributed by atoms with van der Waals surface area (Å²) in [5.74, 6) is 5.94. The third kappa shape index (κ3) is 6.66. The molecule has 0 atom stereocenters. The van der Waals surface area contributed by atoms with Crippen LogP contribution in [-0.2, 0) is 0 Å². The largest absolute Gasteiger partial charge is 0.492 e. The Hall–Kier alpha value is -0.480. The Bertz CT molecular complexity index is 197. The summed E-state index contributed by atoms with van der Waals surface area (Å²) >= 11 is 0. The monoisotopic (exact) mass is 224 g/mol. The Kier molecular flexibility index (Phi) is 11.1. The van der Waals surface area contributed by atoms with Crippen molar-refractivity contribution in [2.75, 3.05) is 13.2 Å². The molecular formula is C8H14Cl2N2O. The Morgan fingerprint density at radius 2 is 1.77 bits per heavy atom. The number of benzene rings is 1. The van der Waals surface area contributed by atoms with Crippen LogP contribution in [0.4, 0.5) is 0 Å². The van der Waals surface area contributed by atoms with Crippen LogP contribution >= 0.6 is 24.8 Å². The van der Waals surface area contributed by atoms with Crippen molar-refractivity contribution < 1.29 is 4.74 Å². The zero-order chi connectivity index (χ0) is 7.94. The molecule has 0 saturated heterocycles. The van der Waals surface area contributed by atoms with Gasteiger partial charge in [-0.25, -0.2) is 0 Å². The SMILES string of the molecule is Cl.Cl.NNCCOc1ccccc1. The average molecular weight is 225 g/mol. The maximum Gasteiger partial charge on any atom is 0.119 e. The second kappa shape index (κ2) is 9.61. The Labute approximate surface area is 90.4 Å². The normalized spacial score (nSPS) is 8.08. The summed E-state index contributed by atoms with van der Waals surface area (Å²) in [6.07, 6.45) is 0. The fraction of sp³-hybridized carbons (Fsp3) is 0.250. The van der Waals surface area contributed by atoms with Gasteiger partial charge in [-0.15, -0.1) is 24.8 Å². The first-order valence-electron chi connectivity index (χ1n) is 3.55. The predicted octanol–water partition coefficient (Wildman–Crippen LogP) is 1.37. The number of hydrazine groups is 1. The average Bonchev–Trinajstić information content (AvgIpc) is 2.07. The van der Waals surface area contributed by atoms with Crippen molar-refractivity contribution in [1.29, 1.82) is 0 Å². The van der Waals surface area contributed by atoms with E-state index in [4.69, 9.17) is 10.6 Å². The molecule has 1 aromatic carbocycles. The standard InChI is InChI=1S/C8H12N2O.2ClH/c9-10-6-7-11-8-4-2-1-3-5-8;;/h1-5,10H,6-7,9H2;2*1H. The molecule has 0 aliphatic rings. The summed E-state index contributed by atoms with van der Waals surface area (Å²) in [6, 6.07) is 9.65. The highest BCUT2D eigenvalue weighted by atomic mass is 35.5. The molecule has 0 spiro atoms.